The first-order valence-electron chi connectivity index (χ1n) is 7.39. The molecule has 0 saturated heterocycles. The quantitative estimate of drug-likeness (QED) is 0.753. The molecule has 0 fully saturated rings. The van der Waals surface area contributed by atoms with E-state index in [4.69, 9.17) is 5.26 Å². The topological polar surface area (TPSA) is 90.7 Å². The van der Waals surface area contributed by atoms with E-state index < -0.39 is 6.03 Å². The lowest BCUT2D eigenvalue weighted by Crippen LogP contribution is -2.20. The van der Waals surface area contributed by atoms with Crippen LogP contribution >= 0.6 is 0 Å². The highest BCUT2D eigenvalue weighted by Gasteiger charge is 2.08. The third-order valence-electron chi connectivity index (χ3n) is 3.63. The van der Waals surface area contributed by atoms with E-state index in [9.17, 15) is 4.79 Å². The summed E-state index contributed by atoms with van der Waals surface area (Å²) >= 11 is 0. The Bertz CT molecular complexity index is 975. The van der Waals surface area contributed by atoms with Crippen molar-refractivity contribution in [3.05, 3.63) is 59.4 Å². The summed E-state index contributed by atoms with van der Waals surface area (Å²) < 4.78 is 0. The number of hydrogen-bond acceptors (Lipinski definition) is 4. The first kappa shape index (κ1) is 15.4. The first-order valence-corrected chi connectivity index (χ1v) is 7.39. The summed E-state index contributed by atoms with van der Waals surface area (Å²) in [7, 11) is 0. The fourth-order valence-electron chi connectivity index (χ4n) is 2.28. The largest absolute Gasteiger partial charge is 0.323 e. The molecular formula is C18H15N5O. The van der Waals surface area contributed by atoms with Gasteiger partial charge < -0.3 is 10.6 Å². The Morgan fingerprint density at radius 3 is 2.46 bits per heavy atom. The molecular weight excluding hydrogens is 302 g/mol. The van der Waals surface area contributed by atoms with Crippen molar-refractivity contribution in [2.75, 3.05) is 10.6 Å². The molecule has 0 aliphatic carbocycles. The van der Waals surface area contributed by atoms with Crippen LogP contribution in [-0.2, 0) is 0 Å². The maximum atomic E-state index is 12.1. The molecule has 0 saturated carbocycles. The molecule has 3 rings (SSSR count). The normalized spacial score (nSPS) is 10.2. The molecule has 0 bridgehead atoms. The molecule has 2 aromatic carbocycles. The molecule has 1 heterocycles. The van der Waals surface area contributed by atoms with E-state index in [2.05, 4.69) is 20.6 Å². The lowest BCUT2D eigenvalue weighted by molar-refractivity contribution is 0.262. The Morgan fingerprint density at radius 1 is 1.00 bits per heavy atom. The summed E-state index contributed by atoms with van der Waals surface area (Å²) in [5.74, 6) is 0. The van der Waals surface area contributed by atoms with Gasteiger partial charge in [0.05, 0.1) is 33.7 Å². The summed E-state index contributed by atoms with van der Waals surface area (Å²) in [4.78, 5) is 21.1. The smallest absolute Gasteiger partial charge is 0.308 e. The maximum Gasteiger partial charge on any atom is 0.323 e. The van der Waals surface area contributed by atoms with Crippen LogP contribution in [0.2, 0.25) is 0 Å². The Morgan fingerprint density at radius 2 is 1.71 bits per heavy atom. The van der Waals surface area contributed by atoms with Crippen LogP contribution in [0.3, 0.4) is 0 Å². The molecule has 0 radical (unpaired) electrons. The maximum absolute atomic E-state index is 12.1. The number of amides is 2. The molecule has 6 nitrogen and oxygen atoms in total. The minimum absolute atomic E-state index is 0.406. The standard InChI is InChI=1S/C18H15N5O/c1-11-12(2)21-17-9-14(7-8-16(17)20-11)22-18(24)23-15-6-4-3-5-13(15)10-19/h3-9H,1-2H3,(H2,22,23,24). The number of carbonyl (C=O) groups excluding carboxylic acids is 1. The summed E-state index contributed by atoms with van der Waals surface area (Å²) in [5.41, 5.74) is 4.70. The monoisotopic (exact) mass is 317 g/mol. The second-order valence-electron chi connectivity index (χ2n) is 5.33. The second-order valence-corrected chi connectivity index (χ2v) is 5.33. The molecule has 0 unspecified atom stereocenters. The minimum atomic E-state index is -0.422. The number of benzene rings is 2. The highest BCUT2D eigenvalue weighted by atomic mass is 16.2. The van der Waals surface area contributed by atoms with Crippen molar-refractivity contribution in [3.8, 4) is 6.07 Å². The van der Waals surface area contributed by atoms with Crippen LogP contribution in [-0.4, -0.2) is 16.0 Å². The van der Waals surface area contributed by atoms with Crippen molar-refractivity contribution in [1.82, 2.24) is 9.97 Å². The zero-order valence-electron chi connectivity index (χ0n) is 13.3. The van der Waals surface area contributed by atoms with Gasteiger partial charge in [-0.3, -0.25) is 0 Å². The summed E-state index contributed by atoms with van der Waals surface area (Å²) in [6.07, 6.45) is 0. The van der Waals surface area contributed by atoms with Crippen LogP contribution in [0.4, 0.5) is 16.2 Å². The molecule has 0 aliphatic rings. The van der Waals surface area contributed by atoms with Crippen molar-refractivity contribution in [2.24, 2.45) is 0 Å². The molecule has 0 atom stereocenters. The third kappa shape index (κ3) is 3.15. The molecule has 6 heteroatoms. The number of hydrogen-bond donors (Lipinski definition) is 2. The van der Waals surface area contributed by atoms with Crippen LogP contribution < -0.4 is 10.6 Å². The second kappa shape index (κ2) is 6.34. The fraction of sp³-hybridized carbons (Fsp3) is 0.111. The van der Waals surface area contributed by atoms with Crippen molar-refractivity contribution in [3.63, 3.8) is 0 Å². The Balaban J connectivity index is 1.80. The zero-order valence-corrected chi connectivity index (χ0v) is 13.3. The SMILES string of the molecule is Cc1nc2ccc(NC(=O)Nc3ccccc3C#N)cc2nc1C. The Labute approximate surface area is 139 Å². The fourth-order valence-corrected chi connectivity index (χ4v) is 2.28. The zero-order chi connectivity index (χ0) is 17.1. The number of urea groups is 1. The average molecular weight is 317 g/mol. The van der Waals surface area contributed by atoms with Gasteiger partial charge in [0.1, 0.15) is 6.07 Å². The highest BCUT2D eigenvalue weighted by molar-refractivity contribution is 6.01. The van der Waals surface area contributed by atoms with Crippen molar-refractivity contribution in [1.29, 1.82) is 5.26 Å². The van der Waals surface area contributed by atoms with Crippen LogP contribution in [0.1, 0.15) is 17.0 Å². The van der Waals surface area contributed by atoms with Gasteiger partial charge in [-0.25, -0.2) is 14.8 Å². The van der Waals surface area contributed by atoms with E-state index in [1.54, 1.807) is 36.4 Å². The third-order valence-corrected chi connectivity index (χ3v) is 3.63. The predicted molar refractivity (Wildman–Crippen MR) is 92.8 cm³/mol. The molecule has 118 valence electrons. The molecule has 2 N–H and O–H groups in total. The predicted octanol–water partition coefficient (Wildman–Crippen LogP) is 3.76. The van der Waals surface area contributed by atoms with Gasteiger partial charge in [0, 0.05) is 5.69 Å². The van der Waals surface area contributed by atoms with Gasteiger partial charge in [-0.2, -0.15) is 5.26 Å². The van der Waals surface area contributed by atoms with E-state index in [1.807, 2.05) is 26.0 Å². The van der Waals surface area contributed by atoms with Crippen molar-refractivity contribution >= 4 is 28.4 Å². The number of aryl methyl sites for hydroxylation is 2. The van der Waals surface area contributed by atoms with Gasteiger partial charge in [-0.1, -0.05) is 12.1 Å². The Kier molecular flexibility index (Phi) is 4.08. The van der Waals surface area contributed by atoms with Gasteiger partial charge in [-0.05, 0) is 44.2 Å². The van der Waals surface area contributed by atoms with Crippen LogP contribution in [0.5, 0.6) is 0 Å². The number of nitriles is 1. The van der Waals surface area contributed by atoms with Crippen LogP contribution in [0.25, 0.3) is 11.0 Å². The van der Waals surface area contributed by atoms with Gasteiger partial charge in [0.2, 0.25) is 0 Å². The highest BCUT2D eigenvalue weighted by Crippen LogP contribution is 2.18. The molecule has 1 aromatic heterocycles. The molecule has 24 heavy (non-hydrogen) atoms. The molecule has 0 spiro atoms. The summed E-state index contributed by atoms with van der Waals surface area (Å²) in [5, 5.41) is 14.5. The van der Waals surface area contributed by atoms with E-state index in [0.717, 1.165) is 16.9 Å². The Hall–Kier alpha value is -3.46. The lowest BCUT2D eigenvalue weighted by Gasteiger charge is -2.09. The molecule has 0 aliphatic heterocycles. The van der Waals surface area contributed by atoms with E-state index in [0.29, 0.717) is 22.5 Å². The number of nitrogens with one attached hydrogen (secondary N) is 2. The van der Waals surface area contributed by atoms with Gasteiger partial charge >= 0.3 is 6.03 Å². The van der Waals surface area contributed by atoms with Crippen LogP contribution in [0, 0.1) is 25.2 Å². The number of anilines is 2. The average Bonchev–Trinajstić information content (AvgIpc) is 2.56. The number of rotatable bonds is 2. The van der Waals surface area contributed by atoms with Gasteiger partial charge in [0.25, 0.3) is 0 Å². The first-order chi connectivity index (χ1) is 11.6. The minimum Gasteiger partial charge on any atom is -0.308 e. The van der Waals surface area contributed by atoms with Crippen molar-refractivity contribution < 1.29 is 4.79 Å². The summed E-state index contributed by atoms with van der Waals surface area (Å²) in [6.45, 7) is 3.81. The number of fused-ring (bicyclic) bond motifs is 1. The van der Waals surface area contributed by atoms with Gasteiger partial charge in [0.15, 0.2) is 0 Å². The number of carbonyl (C=O) groups is 1. The molecule has 2 amide bonds. The number of aromatic nitrogens is 2. The molecule has 3 aromatic rings. The summed E-state index contributed by atoms with van der Waals surface area (Å²) in [6, 6.07) is 13.8. The van der Waals surface area contributed by atoms with E-state index >= 15 is 0 Å². The number of para-hydroxylation sites is 1. The van der Waals surface area contributed by atoms with Crippen LogP contribution in [0.15, 0.2) is 42.5 Å². The van der Waals surface area contributed by atoms with E-state index in [-0.39, 0.29) is 0 Å². The van der Waals surface area contributed by atoms with Gasteiger partial charge in [-0.15, -0.1) is 0 Å². The van der Waals surface area contributed by atoms with Crippen molar-refractivity contribution in [2.45, 2.75) is 13.8 Å². The lowest BCUT2D eigenvalue weighted by atomic mass is 10.2. The van der Waals surface area contributed by atoms with E-state index in [1.165, 1.54) is 0 Å². The number of nitrogens with zero attached hydrogens (tertiary/aromatic N) is 3.